The van der Waals surface area contributed by atoms with Crippen LogP contribution in [-0.2, 0) is 20.5 Å². The smallest absolute Gasteiger partial charge is 0.416 e. The summed E-state index contributed by atoms with van der Waals surface area (Å²) in [4.78, 5) is 39.6. The lowest BCUT2D eigenvalue weighted by molar-refractivity contribution is -0.155. The maximum absolute atomic E-state index is 12.9. The maximum Gasteiger partial charge on any atom is 0.416 e. The van der Waals surface area contributed by atoms with Crippen molar-refractivity contribution >= 4 is 17.8 Å². The summed E-state index contributed by atoms with van der Waals surface area (Å²) >= 11 is 0. The Bertz CT molecular complexity index is 944. The largest absolute Gasteiger partial charge is 0.460 e. The van der Waals surface area contributed by atoms with Crippen LogP contribution in [0.3, 0.4) is 0 Å². The monoisotopic (exact) mass is 527 g/mol. The number of rotatable bonds is 9. The van der Waals surface area contributed by atoms with Gasteiger partial charge in [-0.3, -0.25) is 14.4 Å². The van der Waals surface area contributed by atoms with E-state index in [1.165, 1.54) is 6.07 Å². The average molecular weight is 528 g/mol. The molecular weight excluding hydrogens is 487 g/mol. The third-order valence-corrected chi connectivity index (χ3v) is 6.69. The van der Waals surface area contributed by atoms with E-state index in [4.69, 9.17) is 4.74 Å². The first kappa shape index (κ1) is 30.6. The molecule has 0 bridgehead atoms. The molecule has 1 aromatic carbocycles. The quantitative estimate of drug-likeness (QED) is 0.460. The van der Waals surface area contributed by atoms with E-state index in [1.54, 1.807) is 0 Å². The first-order valence-electron chi connectivity index (χ1n) is 12.8. The number of carbonyl (C=O) groups excluding carboxylic acids is 3. The van der Waals surface area contributed by atoms with Gasteiger partial charge in [-0.25, -0.2) is 0 Å². The number of ether oxygens (including phenoxy) is 1. The minimum atomic E-state index is -4.57. The molecule has 1 saturated carbocycles. The minimum Gasteiger partial charge on any atom is -0.460 e. The third-order valence-electron chi connectivity index (χ3n) is 6.69. The molecule has 0 spiro atoms. The molecule has 2 N–H and O–H groups in total. The van der Waals surface area contributed by atoms with Crippen LogP contribution in [-0.4, -0.2) is 60.0 Å². The van der Waals surface area contributed by atoms with Crippen molar-refractivity contribution in [3.05, 3.63) is 35.4 Å². The predicted octanol–water partition coefficient (Wildman–Crippen LogP) is 4.55. The van der Waals surface area contributed by atoms with E-state index < -0.39 is 29.2 Å². The molecule has 0 heterocycles. The zero-order valence-corrected chi connectivity index (χ0v) is 22.6. The van der Waals surface area contributed by atoms with Crippen LogP contribution in [0.4, 0.5) is 13.2 Å². The second-order valence-corrected chi connectivity index (χ2v) is 11.0. The molecule has 1 fully saturated rings. The van der Waals surface area contributed by atoms with Gasteiger partial charge in [0.15, 0.2) is 0 Å². The fourth-order valence-electron chi connectivity index (χ4n) is 4.59. The molecule has 10 heteroatoms. The number of benzene rings is 1. The van der Waals surface area contributed by atoms with Gasteiger partial charge in [-0.1, -0.05) is 6.07 Å². The third kappa shape index (κ3) is 9.98. The molecule has 0 saturated heterocycles. The second-order valence-electron chi connectivity index (χ2n) is 11.0. The number of halogens is 3. The van der Waals surface area contributed by atoms with Crippen molar-refractivity contribution in [3.63, 3.8) is 0 Å². The van der Waals surface area contributed by atoms with Crippen LogP contribution in [0.2, 0.25) is 0 Å². The normalized spacial score (nSPS) is 20.6. The first-order chi connectivity index (χ1) is 17.1. The molecule has 1 aliphatic rings. The van der Waals surface area contributed by atoms with Gasteiger partial charge in [-0.05, 0) is 91.5 Å². The number of carbonyl (C=O) groups is 3. The lowest BCUT2D eigenvalue weighted by Gasteiger charge is -2.41. The van der Waals surface area contributed by atoms with Crippen LogP contribution in [0.5, 0.6) is 0 Å². The van der Waals surface area contributed by atoms with Crippen molar-refractivity contribution in [1.29, 1.82) is 0 Å². The lowest BCUT2D eigenvalue weighted by atomic mass is 9.78. The standard InChI is InChI=1S/C27H40F3N3O4/c1-17(2)33(6)21-11-12-22(18(15-21)10-13-24(35)37-26(3,4)5)32-23(34)16-31-25(36)19-8-7-9-20(14-19)27(28,29)30/h7-9,14,17-18,21-22H,10-13,15-16H2,1-6H3,(H,31,36)(H,32,34)/t18-,21-,22+/m1/s1. The van der Waals surface area contributed by atoms with Crippen LogP contribution in [0.15, 0.2) is 24.3 Å². The maximum atomic E-state index is 12.9. The molecule has 7 nitrogen and oxygen atoms in total. The fraction of sp³-hybridized carbons (Fsp3) is 0.667. The van der Waals surface area contributed by atoms with Crippen molar-refractivity contribution in [2.24, 2.45) is 5.92 Å². The van der Waals surface area contributed by atoms with Gasteiger partial charge in [0.2, 0.25) is 5.91 Å². The molecule has 0 aromatic heterocycles. The van der Waals surface area contributed by atoms with Crippen LogP contribution in [0, 0.1) is 5.92 Å². The highest BCUT2D eigenvalue weighted by atomic mass is 19.4. The summed E-state index contributed by atoms with van der Waals surface area (Å²) in [6.07, 6.45) is -1.38. The summed E-state index contributed by atoms with van der Waals surface area (Å²) in [5.74, 6) is -1.44. The highest BCUT2D eigenvalue weighted by Gasteiger charge is 2.34. The van der Waals surface area contributed by atoms with E-state index in [-0.39, 0.29) is 36.5 Å². The molecule has 2 rings (SSSR count). The number of esters is 1. The van der Waals surface area contributed by atoms with Gasteiger partial charge in [0.1, 0.15) is 5.60 Å². The molecule has 0 unspecified atom stereocenters. The highest BCUT2D eigenvalue weighted by molar-refractivity contribution is 5.96. The van der Waals surface area contributed by atoms with Crippen LogP contribution >= 0.6 is 0 Å². The Hall–Kier alpha value is -2.62. The minimum absolute atomic E-state index is 0.0376. The zero-order chi connectivity index (χ0) is 28.0. The molecule has 2 amide bonds. The predicted molar refractivity (Wildman–Crippen MR) is 135 cm³/mol. The summed E-state index contributed by atoms with van der Waals surface area (Å²) in [6, 6.07) is 4.55. The summed E-state index contributed by atoms with van der Waals surface area (Å²) < 4.78 is 44.2. The van der Waals surface area contributed by atoms with Gasteiger partial charge in [0.05, 0.1) is 12.1 Å². The Morgan fingerprint density at radius 3 is 2.41 bits per heavy atom. The van der Waals surface area contributed by atoms with Gasteiger partial charge in [-0.15, -0.1) is 0 Å². The van der Waals surface area contributed by atoms with E-state index in [9.17, 15) is 27.6 Å². The first-order valence-corrected chi connectivity index (χ1v) is 12.8. The Balaban J connectivity index is 1.99. The van der Waals surface area contributed by atoms with Crippen molar-refractivity contribution in [2.75, 3.05) is 13.6 Å². The molecule has 1 aromatic rings. The van der Waals surface area contributed by atoms with Crippen LogP contribution < -0.4 is 10.6 Å². The lowest BCUT2D eigenvalue weighted by Crippen LogP contribution is -2.51. The Morgan fingerprint density at radius 1 is 1.14 bits per heavy atom. The van der Waals surface area contributed by atoms with Crippen molar-refractivity contribution in [2.45, 2.75) is 96.6 Å². The van der Waals surface area contributed by atoms with Crippen molar-refractivity contribution in [1.82, 2.24) is 15.5 Å². The van der Waals surface area contributed by atoms with E-state index in [1.807, 2.05) is 20.8 Å². The summed E-state index contributed by atoms with van der Waals surface area (Å²) in [6.45, 7) is 9.33. The number of hydrogen-bond donors (Lipinski definition) is 2. The fourth-order valence-corrected chi connectivity index (χ4v) is 4.59. The van der Waals surface area contributed by atoms with E-state index in [2.05, 4.69) is 36.4 Å². The molecular formula is C27H40F3N3O4. The number of nitrogens with one attached hydrogen (secondary N) is 2. The summed E-state index contributed by atoms with van der Waals surface area (Å²) in [7, 11) is 2.07. The summed E-state index contributed by atoms with van der Waals surface area (Å²) in [5, 5.41) is 5.37. The average Bonchev–Trinajstić information content (AvgIpc) is 2.79. The van der Waals surface area contributed by atoms with Gasteiger partial charge in [-0.2, -0.15) is 13.2 Å². The van der Waals surface area contributed by atoms with E-state index in [0.717, 1.165) is 31.0 Å². The molecule has 0 aliphatic heterocycles. The molecule has 0 radical (unpaired) electrons. The van der Waals surface area contributed by atoms with Gasteiger partial charge in [0.25, 0.3) is 5.91 Å². The van der Waals surface area contributed by atoms with E-state index >= 15 is 0 Å². The van der Waals surface area contributed by atoms with Crippen molar-refractivity contribution in [3.8, 4) is 0 Å². The van der Waals surface area contributed by atoms with Crippen LogP contribution in [0.1, 0.15) is 82.6 Å². The molecule has 1 aliphatic carbocycles. The SMILES string of the molecule is CC(C)N(C)[C@@H]1CC[C@H](NC(=O)CNC(=O)c2cccc(C(F)(F)F)c2)[C@H](CCC(=O)OC(C)(C)C)C1. The van der Waals surface area contributed by atoms with Crippen molar-refractivity contribution < 1.29 is 32.3 Å². The number of alkyl halides is 3. The van der Waals surface area contributed by atoms with Gasteiger partial charge >= 0.3 is 12.1 Å². The van der Waals surface area contributed by atoms with Gasteiger partial charge in [0, 0.05) is 30.1 Å². The Morgan fingerprint density at radius 2 is 1.81 bits per heavy atom. The van der Waals surface area contributed by atoms with Gasteiger partial charge < -0.3 is 20.3 Å². The Kier molecular flexibility index (Phi) is 10.6. The zero-order valence-electron chi connectivity index (χ0n) is 22.6. The molecule has 208 valence electrons. The number of amides is 2. The number of nitrogens with zero attached hydrogens (tertiary/aromatic N) is 1. The summed E-state index contributed by atoms with van der Waals surface area (Å²) in [5.41, 5.74) is -1.68. The highest BCUT2D eigenvalue weighted by Crippen LogP contribution is 2.32. The second kappa shape index (κ2) is 12.8. The molecule has 3 atom stereocenters. The molecule has 37 heavy (non-hydrogen) atoms. The number of hydrogen-bond acceptors (Lipinski definition) is 5. The van der Waals surface area contributed by atoms with Crippen LogP contribution in [0.25, 0.3) is 0 Å². The topological polar surface area (TPSA) is 87.7 Å². The van der Waals surface area contributed by atoms with E-state index in [0.29, 0.717) is 24.9 Å². The Labute approximate surface area is 217 Å².